The van der Waals surface area contributed by atoms with E-state index in [1.165, 1.54) is 0 Å². The largest absolute Gasteiger partial charge is 0.352 e. The van der Waals surface area contributed by atoms with E-state index in [0.717, 1.165) is 24.0 Å². The Morgan fingerprint density at radius 1 is 0.833 bits per heavy atom. The van der Waals surface area contributed by atoms with Gasteiger partial charge < -0.3 is 15.2 Å². The van der Waals surface area contributed by atoms with Crippen LogP contribution in [0.5, 0.6) is 0 Å². The van der Waals surface area contributed by atoms with E-state index in [2.05, 4.69) is 20.2 Å². The number of nitrogens with zero attached hydrogens (tertiary/aromatic N) is 2. The lowest BCUT2D eigenvalue weighted by molar-refractivity contribution is 0.0953. The molecule has 0 atom stereocenters. The van der Waals surface area contributed by atoms with Crippen molar-refractivity contribution < 1.29 is 9.59 Å². The lowest BCUT2D eigenvalue weighted by atomic mass is 10.1. The van der Waals surface area contributed by atoms with Gasteiger partial charge in [0.15, 0.2) is 0 Å². The number of hydrogen-bond donors (Lipinski definition) is 2. The van der Waals surface area contributed by atoms with Crippen molar-refractivity contribution in [3.05, 3.63) is 96.3 Å². The molecule has 30 heavy (non-hydrogen) atoms. The zero-order chi connectivity index (χ0) is 20.8. The van der Waals surface area contributed by atoms with Crippen LogP contribution in [0, 0.1) is 0 Å². The van der Waals surface area contributed by atoms with Gasteiger partial charge in [-0.1, -0.05) is 42.5 Å². The van der Waals surface area contributed by atoms with E-state index < -0.39 is 0 Å². The highest BCUT2D eigenvalue weighted by atomic mass is 16.2. The summed E-state index contributed by atoms with van der Waals surface area (Å²) in [4.78, 5) is 29.5. The number of anilines is 1. The Kier molecular flexibility index (Phi) is 5.85. The normalized spacial score (nSPS) is 10.7. The van der Waals surface area contributed by atoms with Gasteiger partial charge in [-0.15, -0.1) is 0 Å². The topological polar surface area (TPSA) is 76.0 Å². The standard InChI is InChI=1S/C24H22N4O2/c29-23(18-9-2-1-3-10-18)27-20-12-5-4-11-19(20)24(30)25-15-8-16-28-17-26-21-13-6-7-14-22(21)28/h1-7,9-14,17H,8,15-16H2,(H,25,30)(H,27,29). The van der Waals surface area contributed by atoms with Gasteiger partial charge in [-0.25, -0.2) is 4.98 Å². The Labute approximate surface area is 174 Å². The van der Waals surface area contributed by atoms with E-state index in [-0.39, 0.29) is 11.8 Å². The van der Waals surface area contributed by atoms with Crippen molar-refractivity contribution >= 4 is 28.5 Å². The molecule has 0 unspecified atom stereocenters. The van der Waals surface area contributed by atoms with Crippen molar-refractivity contribution in [3.8, 4) is 0 Å². The van der Waals surface area contributed by atoms with Gasteiger partial charge in [-0.05, 0) is 42.8 Å². The molecule has 0 aliphatic heterocycles. The molecule has 0 radical (unpaired) electrons. The van der Waals surface area contributed by atoms with Crippen molar-refractivity contribution in [1.82, 2.24) is 14.9 Å². The highest BCUT2D eigenvalue weighted by Gasteiger charge is 2.13. The number of fused-ring (bicyclic) bond motifs is 1. The summed E-state index contributed by atoms with van der Waals surface area (Å²) in [5.41, 5.74) is 3.52. The fourth-order valence-corrected chi connectivity index (χ4v) is 3.31. The fourth-order valence-electron chi connectivity index (χ4n) is 3.31. The van der Waals surface area contributed by atoms with Gasteiger partial charge in [-0.2, -0.15) is 0 Å². The molecule has 0 saturated heterocycles. The van der Waals surface area contributed by atoms with Crippen molar-refractivity contribution in [2.45, 2.75) is 13.0 Å². The number of amides is 2. The van der Waals surface area contributed by atoms with Crippen LogP contribution in [0.4, 0.5) is 5.69 Å². The van der Waals surface area contributed by atoms with Gasteiger partial charge in [-0.3, -0.25) is 9.59 Å². The highest BCUT2D eigenvalue weighted by molar-refractivity contribution is 6.08. The van der Waals surface area contributed by atoms with Crippen molar-refractivity contribution in [2.24, 2.45) is 0 Å². The Morgan fingerprint density at radius 3 is 2.43 bits per heavy atom. The van der Waals surface area contributed by atoms with E-state index in [1.807, 2.05) is 36.7 Å². The van der Waals surface area contributed by atoms with Gasteiger partial charge in [0.2, 0.25) is 0 Å². The van der Waals surface area contributed by atoms with Gasteiger partial charge in [0.05, 0.1) is 28.6 Å². The molecule has 0 fully saturated rings. The number of hydrogen-bond acceptors (Lipinski definition) is 3. The number of aryl methyl sites for hydroxylation is 1. The first-order valence-electron chi connectivity index (χ1n) is 9.86. The number of carbonyl (C=O) groups is 2. The summed E-state index contributed by atoms with van der Waals surface area (Å²) in [5.74, 6) is -0.461. The first-order valence-corrected chi connectivity index (χ1v) is 9.86. The summed E-state index contributed by atoms with van der Waals surface area (Å²) in [6.07, 6.45) is 2.59. The molecule has 6 nitrogen and oxygen atoms in total. The minimum Gasteiger partial charge on any atom is -0.352 e. The third kappa shape index (κ3) is 4.38. The lowest BCUT2D eigenvalue weighted by Gasteiger charge is -2.12. The molecule has 0 aliphatic rings. The SMILES string of the molecule is O=C(Nc1ccccc1C(=O)NCCCn1cnc2ccccc21)c1ccccc1. The predicted molar refractivity (Wildman–Crippen MR) is 118 cm³/mol. The third-order valence-corrected chi connectivity index (χ3v) is 4.84. The molecule has 4 rings (SSSR count). The van der Waals surface area contributed by atoms with Crippen LogP contribution in [0.3, 0.4) is 0 Å². The summed E-state index contributed by atoms with van der Waals surface area (Å²) in [7, 11) is 0. The summed E-state index contributed by atoms with van der Waals surface area (Å²) in [5, 5.41) is 5.77. The second kappa shape index (κ2) is 9.05. The summed E-state index contributed by atoms with van der Waals surface area (Å²) < 4.78 is 2.08. The van der Waals surface area contributed by atoms with E-state index in [9.17, 15) is 9.59 Å². The van der Waals surface area contributed by atoms with Crippen LogP contribution in [0.25, 0.3) is 11.0 Å². The first-order chi connectivity index (χ1) is 14.7. The second-order valence-corrected chi connectivity index (χ2v) is 6.90. The van der Waals surface area contributed by atoms with Gasteiger partial charge in [0.1, 0.15) is 0 Å². The molecule has 2 amide bonds. The van der Waals surface area contributed by atoms with E-state index in [0.29, 0.717) is 23.4 Å². The maximum atomic E-state index is 12.7. The third-order valence-electron chi connectivity index (χ3n) is 4.84. The molecule has 0 bridgehead atoms. The van der Waals surface area contributed by atoms with Crippen LogP contribution in [-0.4, -0.2) is 27.9 Å². The highest BCUT2D eigenvalue weighted by Crippen LogP contribution is 2.16. The molecule has 1 aromatic heterocycles. The smallest absolute Gasteiger partial charge is 0.255 e. The number of aromatic nitrogens is 2. The van der Waals surface area contributed by atoms with Crippen LogP contribution in [-0.2, 0) is 6.54 Å². The maximum absolute atomic E-state index is 12.7. The minimum absolute atomic E-state index is 0.213. The minimum atomic E-state index is -0.247. The zero-order valence-corrected chi connectivity index (χ0v) is 16.4. The molecular weight excluding hydrogens is 376 g/mol. The number of imidazole rings is 1. The lowest BCUT2D eigenvalue weighted by Crippen LogP contribution is -2.26. The van der Waals surface area contributed by atoms with Crippen LogP contribution < -0.4 is 10.6 Å². The van der Waals surface area contributed by atoms with Crippen molar-refractivity contribution in [2.75, 3.05) is 11.9 Å². The molecule has 6 heteroatoms. The summed E-state index contributed by atoms with van der Waals surface area (Å²) in [6.45, 7) is 1.28. The average molecular weight is 398 g/mol. The quantitative estimate of drug-likeness (QED) is 0.460. The average Bonchev–Trinajstić information content (AvgIpc) is 3.20. The summed E-state index contributed by atoms with van der Waals surface area (Å²) >= 11 is 0. The number of rotatable bonds is 7. The number of benzene rings is 3. The molecule has 0 aliphatic carbocycles. The van der Waals surface area contributed by atoms with Gasteiger partial charge >= 0.3 is 0 Å². The fraction of sp³-hybridized carbons (Fsp3) is 0.125. The molecule has 1 heterocycles. The molecule has 4 aromatic rings. The monoisotopic (exact) mass is 398 g/mol. The first kappa shape index (κ1) is 19.4. The van der Waals surface area contributed by atoms with Crippen LogP contribution >= 0.6 is 0 Å². The van der Waals surface area contributed by atoms with E-state index >= 15 is 0 Å². The number of para-hydroxylation sites is 3. The molecule has 2 N–H and O–H groups in total. The van der Waals surface area contributed by atoms with Crippen molar-refractivity contribution in [3.63, 3.8) is 0 Å². The molecular formula is C24H22N4O2. The Balaban J connectivity index is 1.35. The van der Waals surface area contributed by atoms with Crippen LogP contribution in [0.1, 0.15) is 27.1 Å². The Hall–Kier alpha value is -3.93. The van der Waals surface area contributed by atoms with Crippen LogP contribution in [0.2, 0.25) is 0 Å². The molecule has 0 saturated carbocycles. The number of nitrogens with one attached hydrogen (secondary N) is 2. The predicted octanol–water partition coefficient (Wildman–Crippen LogP) is 4.11. The molecule has 0 spiro atoms. The van der Waals surface area contributed by atoms with Crippen molar-refractivity contribution in [1.29, 1.82) is 0 Å². The molecule has 150 valence electrons. The second-order valence-electron chi connectivity index (χ2n) is 6.90. The van der Waals surface area contributed by atoms with E-state index in [4.69, 9.17) is 0 Å². The Bertz CT molecular complexity index is 1170. The van der Waals surface area contributed by atoms with E-state index in [1.54, 1.807) is 48.5 Å². The zero-order valence-electron chi connectivity index (χ0n) is 16.4. The van der Waals surface area contributed by atoms with Gasteiger partial charge in [0, 0.05) is 18.7 Å². The summed E-state index contributed by atoms with van der Waals surface area (Å²) in [6, 6.07) is 23.9. The number of carbonyl (C=O) groups excluding carboxylic acids is 2. The molecule has 3 aromatic carbocycles. The van der Waals surface area contributed by atoms with Gasteiger partial charge in [0.25, 0.3) is 11.8 Å². The van der Waals surface area contributed by atoms with Crippen LogP contribution in [0.15, 0.2) is 85.2 Å². The Morgan fingerprint density at radius 2 is 1.57 bits per heavy atom. The maximum Gasteiger partial charge on any atom is 0.255 e.